The molecule has 1 aliphatic rings. The number of fused-ring (bicyclic) bond motifs is 1. The first-order valence-electron chi connectivity index (χ1n) is 8.82. The largest absolute Gasteiger partial charge is 0.494 e. The summed E-state index contributed by atoms with van der Waals surface area (Å²) in [4.78, 5) is 24.4. The predicted molar refractivity (Wildman–Crippen MR) is 109 cm³/mol. The average molecular weight is 407 g/mol. The van der Waals surface area contributed by atoms with Gasteiger partial charge in [0.15, 0.2) is 17.3 Å². The van der Waals surface area contributed by atoms with Crippen molar-refractivity contribution in [1.82, 2.24) is 0 Å². The molecule has 0 aliphatic carbocycles. The maximum absolute atomic E-state index is 12.3. The minimum Gasteiger partial charge on any atom is -0.494 e. The molecule has 1 aliphatic heterocycles. The van der Waals surface area contributed by atoms with E-state index in [1.807, 2.05) is 6.92 Å². The van der Waals surface area contributed by atoms with Gasteiger partial charge in [-0.1, -0.05) is 6.92 Å². The summed E-state index contributed by atoms with van der Waals surface area (Å²) >= 11 is 0. The molecule has 0 aromatic heterocycles. The van der Waals surface area contributed by atoms with Crippen molar-refractivity contribution in [3.05, 3.63) is 42.0 Å². The van der Waals surface area contributed by atoms with E-state index in [1.165, 1.54) is 0 Å². The molecule has 0 spiro atoms. The van der Waals surface area contributed by atoms with E-state index in [4.69, 9.17) is 19.9 Å². The van der Waals surface area contributed by atoms with Crippen molar-refractivity contribution in [2.45, 2.75) is 26.2 Å². The first kappa shape index (κ1) is 21.4. The molecule has 0 bridgehead atoms. The summed E-state index contributed by atoms with van der Waals surface area (Å²) in [6.45, 7) is 2.79. The van der Waals surface area contributed by atoms with Crippen molar-refractivity contribution in [2.24, 2.45) is 0 Å². The van der Waals surface area contributed by atoms with Crippen molar-refractivity contribution in [2.75, 3.05) is 24.5 Å². The van der Waals surface area contributed by atoms with E-state index in [-0.39, 0.29) is 43.7 Å². The fourth-order valence-corrected chi connectivity index (χ4v) is 2.61. The summed E-state index contributed by atoms with van der Waals surface area (Å²) < 4.78 is 16.0. The van der Waals surface area contributed by atoms with Crippen LogP contribution in [0.3, 0.4) is 0 Å². The van der Waals surface area contributed by atoms with Gasteiger partial charge in [0.1, 0.15) is 5.75 Å². The lowest BCUT2D eigenvalue weighted by molar-refractivity contribution is -0.116. The Hall–Kier alpha value is -2.93. The van der Waals surface area contributed by atoms with Crippen molar-refractivity contribution < 1.29 is 23.8 Å². The van der Waals surface area contributed by atoms with Crippen LogP contribution in [0.25, 0.3) is 0 Å². The van der Waals surface area contributed by atoms with E-state index in [1.54, 1.807) is 36.4 Å². The predicted octanol–water partition coefficient (Wildman–Crippen LogP) is 3.81. The molecular weight excluding hydrogens is 384 g/mol. The lowest BCUT2D eigenvalue weighted by atomic mass is 10.1. The standard InChI is InChI=1S/C20H22N2O5.ClH/c1-2-9-25-14-5-3-13(4-6-14)17(23)7-8-20(24)22-16-11-19-18(10-15(16)21)26-12-27-19;/h3-6,10-11H,2,7-9,12,21H2,1H3,(H,22,24);1H. The molecule has 2 aromatic rings. The van der Waals surface area contributed by atoms with Crippen LogP contribution in [0.4, 0.5) is 11.4 Å². The van der Waals surface area contributed by atoms with Crippen molar-refractivity contribution in [3.8, 4) is 17.2 Å². The average Bonchev–Trinajstić information content (AvgIpc) is 3.12. The van der Waals surface area contributed by atoms with E-state index >= 15 is 0 Å². The third kappa shape index (κ3) is 5.29. The Labute approximate surface area is 169 Å². The van der Waals surface area contributed by atoms with Gasteiger partial charge in [0.2, 0.25) is 12.7 Å². The maximum atomic E-state index is 12.3. The van der Waals surface area contributed by atoms with Gasteiger partial charge in [0.25, 0.3) is 0 Å². The second-order valence-corrected chi connectivity index (χ2v) is 6.14. The third-order valence-electron chi connectivity index (χ3n) is 4.05. The summed E-state index contributed by atoms with van der Waals surface area (Å²) in [5.74, 6) is 1.40. The number of Topliss-reactive ketones (excluding diaryl/α,β-unsaturated/α-hetero) is 1. The molecule has 150 valence electrons. The number of nitrogens with one attached hydrogen (secondary N) is 1. The molecule has 1 amide bonds. The number of hydrogen-bond acceptors (Lipinski definition) is 6. The number of nitrogens with two attached hydrogens (primary N) is 1. The highest BCUT2D eigenvalue weighted by molar-refractivity contribution is 6.01. The Morgan fingerprint density at radius 3 is 2.46 bits per heavy atom. The Morgan fingerprint density at radius 1 is 1.11 bits per heavy atom. The monoisotopic (exact) mass is 406 g/mol. The number of nitrogen functional groups attached to an aromatic ring is 1. The van der Waals surface area contributed by atoms with E-state index in [0.29, 0.717) is 35.0 Å². The molecule has 3 rings (SSSR count). The molecule has 7 nitrogen and oxygen atoms in total. The number of ether oxygens (including phenoxy) is 3. The van der Waals surface area contributed by atoms with Gasteiger partial charge >= 0.3 is 0 Å². The highest BCUT2D eigenvalue weighted by atomic mass is 35.5. The molecule has 8 heteroatoms. The van der Waals surface area contributed by atoms with Gasteiger partial charge in [-0.25, -0.2) is 0 Å². The minimum absolute atomic E-state index is 0. The van der Waals surface area contributed by atoms with E-state index in [2.05, 4.69) is 5.32 Å². The quantitative estimate of drug-likeness (QED) is 0.510. The second kappa shape index (κ2) is 9.85. The first-order chi connectivity index (χ1) is 13.1. The molecule has 0 saturated heterocycles. The Kier molecular flexibility index (Phi) is 7.52. The van der Waals surface area contributed by atoms with Crippen LogP contribution in [-0.4, -0.2) is 25.1 Å². The molecular formula is C20H23ClN2O5. The van der Waals surface area contributed by atoms with Gasteiger partial charge in [-0.2, -0.15) is 0 Å². The van der Waals surface area contributed by atoms with Crippen LogP contribution in [-0.2, 0) is 4.79 Å². The zero-order chi connectivity index (χ0) is 19.2. The molecule has 3 N–H and O–H groups in total. The Balaban J connectivity index is 0.00000280. The van der Waals surface area contributed by atoms with Gasteiger partial charge in [-0.15, -0.1) is 12.4 Å². The molecule has 28 heavy (non-hydrogen) atoms. The number of rotatable bonds is 8. The van der Waals surface area contributed by atoms with Crippen LogP contribution in [0, 0.1) is 0 Å². The molecule has 0 atom stereocenters. The molecule has 2 aromatic carbocycles. The van der Waals surface area contributed by atoms with Gasteiger partial charge < -0.3 is 25.3 Å². The number of halogens is 1. The number of carbonyl (C=O) groups is 2. The van der Waals surface area contributed by atoms with Crippen LogP contribution in [0.5, 0.6) is 17.2 Å². The van der Waals surface area contributed by atoms with Crippen LogP contribution in [0.2, 0.25) is 0 Å². The summed E-state index contributed by atoms with van der Waals surface area (Å²) in [5.41, 5.74) is 7.27. The van der Waals surface area contributed by atoms with Crippen LogP contribution < -0.4 is 25.3 Å². The topological polar surface area (TPSA) is 99.9 Å². The van der Waals surface area contributed by atoms with E-state index in [0.717, 1.165) is 12.2 Å². The highest BCUT2D eigenvalue weighted by Crippen LogP contribution is 2.38. The van der Waals surface area contributed by atoms with Gasteiger partial charge in [-0.3, -0.25) is 9.59 Å². The Morgan fingerprint density at radius 2 is 1.79 bits per heavy atom. The first-order valence-corrected chi connectivity index (χ1v) is 8.82. The lowest BCUT2D eigenvalue weighted by Crippen LogP contribution is -2.14. The molecule has 0 radical (unpaired) electrons. The smallest absolute Gasteiger partial charge is 0.231 e. The lowest BCUT2D eigenvalue weighted by Gasteiger charge is -2.09. The summed E-state index contributed by atoms with van der Waals surface area (Å²) in [7, 11) is 0. The fourth-order valence-electron chi connectivity index (χ4n) is 2.61. The maximum Gasteiger partial charge on any atom is 0.231 e. The number of carbonyl (C=O) groups excluding carboxylic acids is 2. The Bertz CT molecular complexity index is 839. The van der Waals surface area contributed by atoms with Crippen LogP contribution in [0.15, 0.2) is 36.4 Å². The van der Waals surface area contributed by atoms with Crippen molar-refractivity contribution in [3.63, 3.8) is 0 Å². The minimum atomic E-state index is -0.295. The number of ketones is 1. The zero-order valence-electron chi connectivity index (χ0n) is 15.5. The summed E-state index contributed by atoms with van der Waals surface area (Å²) in [5, 5.41) is 2.71. The SMILES string of the molecule is CCCOc1ccc(C(=O)CCC(=O)Nc2cc3c(cc2N)OCO3)cc1.Cl. The second-order valence-electron chi connectivity index (χ2n) is 6.14. The van der Waals surface area contributed by atoms with Crippen LogP contribution in [0.1, 0.15) is 36.5 Å². The molecule has 0 saturated carbocycles. The van der Waals surface area contributed by atoms with Gasteiger partial charge in [0.05, 0.1) is 18.0 Å². The number of amides is 1. The van der Waals surface area contributed by atoms with Crippen molar-refractivity contribution in [1.29, 1.82) is 0 Å². The fraction of sp³-hybridized carbons (Fsp3) is 0.300. The molecule has 0 unspecified atom stereocenters. The van der Waals surface area contributed by atoms with E-state index < -0.39 is 0 Å². The molecule has 1 heterocycles. The number of anilines is 2. The van der Waals surface area contributed by atoms with Crippen LogP contribution >= 0.6 is 12.4 Å². The van der Waals surface area contributed by atoms with Gasteiger partial charge in [0, 0.05) is 30.5 Å². The molecule has 0 fully saturated rings. The normalized spacial score (nSPS) is 11.5. The number of benzene rings is 2. The zero-order valence-corrected chi connectivity index (χ0v) is 16.3. The highest BCUT2D eigenvalue weighted by Gasteiger charge is 2.17. The van der Waals surface area contributed by atoms with Crippen molar-refractivity contribution >= 4 is 35.5 Å². The number of hydrogen-bond donors (Lipinski definition) is 2. The van der Waals surface area contributed by atoms with Gasteiger partial charge in [-0.05, 0) is 30.7 Å². The summed E-state index contributed by atoms with van der Waals surface area (Å²) in [6, 6.07) is 10.2. The van der Waals surface area contributed by atoms with E-state index in [9.17, 15) is 9.59 Å². The summed E-state index contributed by atoms with van der Waals surface area (Å²) in [6.07, 6.45) is 1.08. The third-order valence-corrected chi connectivity index (χ3v) is 4.05.